The Kier molecular flexibility index (Phi) is 1.22. The average molecular weight is 136 g/mol. The molecule has 1 rings (SSSR count). The van der Waals surface area contributed by atoms with Crippen molar-refractivity contribution < 1.29 is 16.0 Å². The number of aryl methyl sites for hydroxylation is 1. The zero-order valence-corrected chi connectivity index (χ0v) is 5.14. The van der Waals surface area contributed by atoms with Crippen molar-refractivity contribution in [2.45, 2.75) is 0 Å². The van der Waals surface area contributed by atoms with Crippen LogP contribution in [0, 0.1) is 0 Å². The van der Waals surface area contributed by atoms with Crippen LogP contribution in [-0.2, 0) is 23.1 Å². The number of nitrogens with zero attached hydrogens (tertiary/aromatic N) is 1. The third-order valence-corrected chi connectivity index (χ3v) is 1.44. The number of hydrogen-bond acceptors (Lipinski definition) is 0. The van der Waals surface area contributed by atoms with Gasteiger partial charge in [0.2, 0.25) is 0 Å². The summed E-state index contributed by atoms with van der Waals surface area (Å²) >= 11 is 3.74. The molecule has 0 saturated heterocycles. The predicted octanol–water partition coefficient (Wildman–Crippen LogP) is 0.197. The van der Waals surface area contributed by atoms with Crippen LogP contribution in [0.3, 0.4) is 0 Å². The van der Waals surface area contributed by atoms with E-state index in [-0.39, 0.29) is 0 Å². The molecule has 7 heavy (non-hydrogen) atoms. The van der Waals surface area contributed by atoms with Crippen molar-refractivity contribution in [2.75, 3.05) is 0 Å². The molecule has 0 aliphatic heterocycles. The maximum absolute atomic E-state index is 3.74. The monoisotopic (exact) mass is 136 g/mol. The molecule has 0 fully saturated rings. The van der Waals surface area contributed by atoms with E-state index in [2.05, 4.69) is 16.0 Å². The van der Waals surface area contributed by atoms with Crippen LogP contribution in [0.25, 0.3) is 0 Å². The third-order valence-electron chi connectivity index (χ3n) is 0.868. The molecular formula is C5H6FeN. The van der Waals surface area contributed by atoms with Crippen molar-refractivity contribution in [3.8, 4) is 0 Å². The van der Waals surface area contributed by atoms with Gasteiger partial charge in [-0.15, -0.1) is 0 Å². The van der Waals surface area contributed by atoms with Crippen molar-refractivity contribution in [3.05, 3.63) is 18.3 Å². The van der Waals surface area contributed by atoms with Crippen LogP contribution in [0.1, 0.15) is 0 Å². The summed E-state index contributed by atoms with van der Waals surface area (Å²) in [4.78, 5) is 0. The van der Waals surface area contributed by atoms with E-state index in [1.807, 2.05) is 29.9 Å². The van der Waals surface area contributed by atoms with E-state index in [1.54, 1.807) is 0 Å². The first-order valence-corrected chi connectivity index (χ1v) is 2.61. The van der Waals surface area contributed by atoms with Crippen molar-refractivity contribution >= 4 is 4.59 Å². The molecule has 1 nitrogen and oxygen atoms in total. The Hall–Kier alpha value is -0.201. The summed E-state index contributed by atoms with van der Waals surface area (Å²) < 4.78 is 3.03. The standard InChI is InChI=1S/C5H6N.Fe/c1-6-4-2-3-5-6;/h2-4H,1H3;. The second-order valence-electron chi connectivity index (χ2n) is 1.43. The van der Waals surface area contributed by atoms with Gasteiger partial charge in [0.1, 0.15) is 0 Å². The van der Waals surface area contributed by atoms with Crippen molar-refractivity contribution in [2.24, 2.45) is 7.05 Å². The second-order valence-corrected chi connectivity index (χ2v) is 1.99. The summed E-state index contributed by atoms with van der Waals surface area (Å²) in [6, 6.07) is 3.95. The molecule has 0 radical (unpaired) electrons. The van der Waals surface area contributed by atoms with Crippen LogP contribution in [0.15, 0.2) is 18.3 Å². The molecular weight excluding hydrogens is 130 g/mol. The summed E-state index contributed by atoms with van der Waals surface area (Å²) in [5.74, 6) is 0. The maximum atomic E-state index is 3.74. The first-order chi connectivity index (χ1) is 3.30. The van der Waals surface area contributed by atoms with E-state index in [4.69, 9.17) is 0 Å². The Balaban J connectivity index is 3.12. The quantitative estimate of drug-likeness (QED) is 0.449. The first-order valence-electron chi connectivity index (χ1n) is 2.06. The number of aromatic nitrogens is 1. The van der Waals surface area contributed by atoms with Crippen LogP contribution < -0.4 is 4.59 Å². The van der Waals surface area contributed by atoms with E-state index < -0.39 is 0 Å². The first kappa shape index (κ1) is 4.95. The van der Waals surface area contributed by atoms with Crippen molar-refractivity contribution in [1.82, 2.24) is 4.57 Å². The fraction of sp³-hybridized carbons (Fsp3) is 0.200. The predicted molar refractivity (Wildman–Crippen MR) is 25.0 cm³/mol. The molecule has 2 heteroatoms. The van der Waals surface area contributed by atoms with Crippen LogP contribution in [-0.4, -0.2) is 4.57 Å². The van der Waals surface area contributed by atoms with Gasteiger partial charge in [-0.05, 0) is 0 Å². The molecule has 1 aromatic rings. The van der Waals surface area contributed by atoms with Gasteiger partial charge < -0.3 is 0 Å². The van der Waals surface area contributed by atoms with E-state index in [9.17, 15) is 0 Å². The van der Waals surface area contributed by atoms with Crippen LogP contribution >= 0.6 is 0 Å². The van der Waals surface area contributed by atoms with Crippen LogP contribution in [0.2, 0.25) is 0 Å². The average Bonchev–Trinajstić information content (AvgIpc) is 1.91. The molecule has 39 valence electrons. The van der Waals surface area contributed by atoms with Gasteiger partial charge in [-0.1, -0.05) is 0 Å². The summed E-state index contributed by atoms with van der Waals surface area (Å²) in [6.45, 7) is 0. The summed E-state index contributed by atoms with van der Waals surface area (Å²) in [6.07, 6.45) is 1.97. The number of hydrogen-bond donors (Lipinski definition) is 0. The normalized spacial score (nSPS) is 9.43. The minimum absolute atomic E-state index is 1.06. The van der Waals surface area contributed by atoms with Gasteiger partial charge >= 0.3 is 50.5 Å². The van der Waals surface area contributed by atoms with Crippen LogP contribution in [0.5, 0.6) is 0 Å². The van der Waals surface area contributed by atoms with E-state index >= 15 is 0 Å². The Morgan fingerprint density at radius 2 is 2.43 bits per heavy atom. The number of rotatable bonds is 0. The molecule has 0 bridgehead atoms. The summed E-state index contributed by atoms with van der Waals surface area (Å²) in [5, 5.41) is 0. The topological polar surface area (TPSA) is 4.93 Å². The van der Waals surface area contributed by atoms with Gasteiger partial charge in [0.15, 0.2) is 0 Å². The van der Waals surface area contributed by atoms with Crippen molar-refractivity contribution in [1.29, 1.82) is 0 Å². The molecule has 1 heterocycles. The fourth-order valence-corrected chi connectivity index (χ4v) is 0.625. The summed E-state index contributed by atoms with van der Waals surface area (Å²) in [7, 11) is 1.97. The summed E-state index contributed by atoms with van der Waals surface area (Å²) in [5.41, 5.74) is 0. The second kappa shape index (κ2) is 1.73. The molecule has 1 aromatic heterocycles. The Morgan fingerprint density at radius 3 is 2.57 bits per heavy atom. The zero-order valence-electron chi connectivity index (χ0n) is 4.03. The van der Waals surface area contributed by atoms with Gasteiger partial charge in [-0.2, -0.15) is 0 Å². The van der Waals surface area contributed by atoms with Gasteiger partial charge in [-0.25, -0.2) is 0 Å². The molecule has 0 N–H and O–H groups in total. The molecule has 0 spiro atoms. The van der Waals surface area contributed by atoms with E-state index in [0.717, 1.165) is 4.59 Å². The van der Waals surface area contributed by atoms with Crippen LogP contribution in [0.4, 0.5) is 0 Å². The SMILES string of the molecule is Cn1ccc[c]1[Fe]. The molecule has 0 saturated carbocycles. The van der Waals surface area contributed by atoms with Gasteiger partial charge in [-0.3, -0.25) is 0 Å². The molecule has 0 aliphatic rings. The van der Waals surface area contributed by atoms with Gasteiger partial charge in [0.05, 0.1) is 0 Å². The Bertz CT molecular complexity index is 140. The minimum atomic E-state index is 1.06. The Morgan fingerprint density at radius 1 is 1.71 bits per heavy atom. The molecule has 0 unspecified atom stereocenters. The molecule has 0 atom stereocenters. The molecule has 0 aromatic carbocycles. The van der Waals surface area contributed by atoms with Gasteiger partial charge in [0.25, 0.3) is 0 Å². The molecule has 0 aliphatic carbocycles. The van der Waals surface area contributed by atoms with Crippen molar-refractivity contribution in [3.63, 3.8) is 0 Å². The zero-order chi connectivity index (χ0) is 5.28. The van der Waals surface area contributed by atoms with Gasteiger partial charge in [0, 0.05) is 0 Å². The third kappa shape index (κ3) is 0.872. The Labute approximate surface area is 51.2 Å². The van der Waals surface area contributed by atoms with E-state index in [0.29, 0.717) is 0 Å². The molecule has 0 amide bonds. The van der Waals surface area contributed by atoms with E-state index in [1.165, 1.54) is 0 Å². The fourth-order valence-electron chi connectivity index (χ4n) is 0.436.